The number of aliphatic carboxylic acids is 1. The smallest absolute Gasteiger partial charge is 0.311 e. The van der Waals surface area contributed by atoms with Crippen LogP contribution in [0.2, 0.25) is 0 Å². The highest BCUT2D eigenvalue weighted by molar-refractivity contribution is 5.78. The molecule has 0 aliphatic carbocycles. The molecule has 1 aromatic carbocycles. The molecule has 4 nitrogen and oxygen atoms in total. The highest BCUT2D eigenvalue weighted by Crippen LogP contribution is 2.29. The Morgan fingerprint density at radius 3 is 2.73 bits per heavy atom. The molecule has 15 heavy (non-hydrogen) atoms. The first-order valence-electron chi connectivity index (χ1n) is 4.76. The Morgan fingerprint density at radius 2 is 2.27 bits per heavy atom. The van der Waals surface area contributed by atoms with Crippen LogP contribution in [0.5, 0.6) is 5.75 Å². The van der Waals surface area contributed by atoms with Gasteiger partial charge in [-0.05, 0) is 30.2 Å². The zero-order valence-electron chi connectivity index (χ0n) is 8.86. The third-order valence-corrected chi connectivity index (χ3v) is 2.38. The second-order valence-electron chi connectivity index (χ2n) is 3.29. The monoisotopic (exact) mass is 209 g/mol. The number of carboxylic acids is 1. The lowest BCUT2D eigenvalue weighted by Crippen LogP contribution is -2.12. The second-order valence-corrected chi connectivity index (χ2v) is 3.29. The van der Waals surface area contributed by atoms with Gasteiger partial charge in [-0.3, -0.25) is 4.79 Å². The van der Waals surface area contributed by atoms with Crippen molar-refractivity contribution in [3.63, 3.8) is 0 Å². The van der Waals surface area contributed by atoms with Crippen LogP contribution in [0, 0.1) is 0 Å². The fraction of sp³-hybridized carbons (Fsp3) is 0.364. The van der Waals surface area contributed by atoms with Crippen LogP contribution < -0.4 is 10.5 Å². The van der Waals surface area contributed by atoms with Crippen LogP contribution in [-0.2, 0) is 4.79 Å². The summed E-state index contributed by atoms with van der Waals surface area (Å²) in [4.78, 5) is 11.0. The molecule has 0 aliphatic rings. The molecule has 0 heterocycles. The lowest BCUT2D eigenvalue weighted by molar-refractivity contribution is -0.138. The number of hydrogen-bond acceptors (Lipinski definition) is 3. The summed E-state index contributed by atoms with van der Waals surface area (Å²) in [6.07, 6.45) is 0.507. The summed E-state index contributed by atoms with van der Waals surface area (Å²) < 4.78 is 5.04. The molecule has 1 atom stereocenters. The largest absolute Gasteiger partial charge is 0.497 e. The Labute approximate surface area is 88.7 Å². The van der Waals surface area contributed by atoms with Crippen LogP contribution in [0.1, 0.15) is 24.8 Å². The van der Waals surface area contributed by atoms with Gasteiger partial charge in [0.15, 0.2) is 0 Å². The normalized spacial score (nSPS) is 12.1. The summed E-state index contributed by atoms with van der Waals surface area (Å²) in [6.45, 7) is 1.82. The first-order chi connectivity index (χ1) is 7.10. The number of nitrogen functional groups attached to an aromatic ring is 1. The van der Waals surface area contributed by atoms with Crippen molar-refractivity contribution in [3.8, 4) is 5.75 Å². The molecular weight excluding hydrogens is 194 g/mol. The van der Waals surface area contributed by atoms with Gasteiger partial charge in [0, 0.05) is 5.69 Å². The van der Waals surface area contributed by atoms with Gasteiger partial charge < -0.3 is 15.6 Å². The highest BCUT2D eigenvalue weighted by atomic mass is 16.5. The fourth-order valence-electron chi connectivity index (χ4n) is 1.51. The lowest BCUT2D eigenvalue weighted by Gasteiger charge is -2.14. The molecule has 0 radical (unpaired) electrons. The van der Waals surface area contributed by atoms with E-state index < -0.39 is 11.9 Å². The molecule has 1 aromatic rings. The Bertz CT molecular complexity index is 363. The van der Waals surface area contributed by atoms with Crippen LogP contribution in [0.3, 0.4) is 0 Å². The van der Waals surface area contributed by atoms with E-state index in [0.29, 0.717) is 23.4 Å². The van der Waals surface area contributed by atoms with Crippen molar-refractivity contribution in [1.29, 1.82) is 0 Å². The van der Waals surface area contributed by atoms with Crippen molar-refractivity contribution in [2.75, 3.05) is 12.8 Å². The zero-order valence-corrected chi connectivity index (χ0v) is 8.86. The minimum atomic E-state index is -0.863. The molecule has 0 aromatic heterocycles. The van der Waals surface area contributed by atoms with Crippen molar-refractivity contribution in [2.45, 2.75) is 19.3 Å². The average Bonchev–Trinajstić information content (AvgIpc) is 2.21. The van der Waals surface area contributed by atoms with Crippen LogP contribution in [0.25, 0.3) is 0 Å². The highest BCUT2D eigenvalue weighted by Gasteiger charge is 2.20. The predicted octanol–water partition coefficient (Wildman–Crippen LogP) is 1.86. The first-order valence-corrected chi connectivity index (χ1v) is 4.76. The molecule has 0 bridgehead atoms. The van der Waals surface area contributed by atoms with E-state index in [4.69, 9.17) is 15.6 Å². The third-order valence-electron chi connectivity index (χ3n) is 2.38. The third kappa shape index (κ3) is 2.40. The van der Waals surface area contributed by atoms with Crippen LogP contribution in [-0.4, -0.2) is 18.2 Å². The van der Waals surface area contributed by atoms with Crippen molar-refractivity contribution in [1.82, 2.24) is 0 Å². The quantitative estimate of drug-likeness (QED) is 0.742. The van der Waals surface area contributed by atoms with Gasteiger partial charge >= 0.3 is 5.97 Å². The minimum absolute atomic E-state index is 0.491. The molecule has 3 N–H and O–H groups in total. The number of rotatable bonds is 4. The maximum atomic E-state index is 11.0. The van der Waals surface area contributed by atoms with Gasteiger partial charge in [-0.15, -0.1) is 0 Å². The van der Waals surface area contributed by atoms with Gasteiger partial charge in [-0.25, -0.2) is 0 Å². The van der Waals surface area contributed by atoms with E-state index >= 15 is 0 Å². The molecule has 0 spiro atoms. The van der Waals surface area contributed by atoms with Gasteiger partial charge in [0.25, 0.3) is 0 Å². The van der Waals surface area contributed by atoms with Gasteiger partial charge in [-0.1, -0.05) is 6.92 Å². The number of benzene rings is 1. The number of ether oxygens (including phenoxy) is 1. The maximum absolute atomic E-state index is 11.0. The van der Waals surface area contributed by atoms with Crippen molar-refractivity contribution < 1.29 is 14.6 Å². The Kier molecular flexibility index (Phi) is 3.55. The van der Waals surface area contributed by atoms with E-state index in [9.17, 15) is 4.79 Å². The van der Waals surface area contributed by atoms with Crippen molar-refractivity contribution >= 4 is 11.7 Å². The number of anilines is 1. The summed E-state index contributed by atoms with van der Waals surface area (Å²) in [5.41, 5.74) is 6.85. The van der Waals surface area contributed by atoms with Gasteiger partial charge in [-0.2, -0.15) is 0 Å². The topological polar surface area (TPSA) is 72.5 Å². The molecule has 0 aliphatic heterocycles. The Hall–Kier alpha value is -1.71. The lowest BCUT2D eigenvalue weighted by atomic mass is 9.95. The van der Waals surface area contributed by atoms with Gasteiger partial charge in [0.05, 0.1) is 13.0 Å². The van der Waals surface area contributed by atoms with E-state index in [0.717, 1.165) is 0 Å². The second kappa shape index (κ2) is 4.68. The van der Waals surface area contributed by atoms with E-state index in [1.165, 1.54) is 7.11 Å². The molecule has 1 unspecified atom stereocenters. The van der Waals surface area contributed by atoms with Gasteiger partial charge in [0.2, 0.25) is 0 Å². The summed E-state index contributed by atoms with van der Waals surface area (Å²) in [5, 5.41) is 9.02. The number of hydrogen-bond donors (Lipinski definition) is 2. The molecule has 4 heteroatoms. The van der Waals surface area contributed by atoms with Crippen LogP contribution >= 0.6 is 0 Å². The van der Waals surface area contributed by atoms with Crippen molar-refractivity contribution in [3.05, 3.63) is 23.8 Å². The molecule has 0 amide bonds. The minimum Gasteiger partial charge on any atom is -0.497 e. The van der Waals surface area contributed by atoms with E-state index in [1.54, 1.807) is 18.2 Å². The number of methoxy groups -OCH3 is 1. The summed E-state index contributed by atoms with van der Waals surface area (Å²) in [6, 6.07) is 5.06. The standard InChI is InChI=1S/C11H15NO3/c1-3-8(11(13)14)9-6-7(15-2)4-5-10(9)12/h4-6,8H,3,12H2,1-2H3,(H,13,14). The first kappa shape index (κ1) is 11.4. The molecule has 0 saturated heterocycles. The molecule has 0 saturated carbocycles. The van der Waals surface area contributed by atoms with Gasteiger partial charge in [0.1, 0.15) is 5.75 Å². The number of nitrogens with two attached hydrogens (primary N) is 1. The number of carboxylic acid groups (broad SMARTS) is 1. The summed E-state index contributed by atoms with van der Waals surface area (Å²) in [5.74, 6) is -0.809. The summed E-state index contributed by atoms with van der Waals surface area (Å²) >= 11 is 0. The Balaban J connectivity index is 3.15. The molecule has 1 rings (SSSR count). The SMILES string of the molecule is CCC(C(=O)O)c1cc(OC)ccc1N. The maximum Gasteiger partial charge on any atom is 0.311 e. The van der Waals surface area contributed by atoms with Crippen molar-refractivity contribution in [2.24, 2.45) is 0 Å². The average molecular weight is 209 g/mol. The molecule has 82 valence electrons. The number of carbonyl (C=O) groups is 1. The van der Waals surface area contributed by atoms with Crippen LogP contribution in [0.4, 0.5) is 5.69 Å². The van der Waals surface area contributed by atoms with Crippen LogP contribution in [0.15, 0.2) is 18.2 Å². The zero-order chi connectivity index (χ0) is 11.4. The fourth-order valence-corrected chi connectivity index (χ4v) is 1.51. The molecular formula is C11H15NO3. The molecule has 0 fully saturated rings. The predicted molar refractivity (Wildman–Crippen MR) is 58.1 cm³/mol. The summed E-state index contributed by atoms with van der Waals surface area (Å²) in [7, 11) is 1.54. The van der Waals surface area contributed by atoms with E-state index in [2.05, 4.69) is 0 Å². The van der Waals surface area contributed by atoms with E-state index in [-0.39, 0.29) is 0 Å². The van der Waals surface area contributed by atoms with E-state index in [1.807, 2.05) is 6.92 Å². The Morgan fingerprint density at radius 1 is 1.60 bits per heavy atom.